The van der Waals surface area contributed by atoms with Crippen molar-refractivity contribution >= 4 is 19.3 Å². The van der Waals surface area contributed by atoms with Crippen LogP contribution in [0.25, 0.3) is 0 Å². The number of rotatable bonds is 24. The van der Waals surface area contributed by atoms with Crippen molar-refractivity contribution in [2.45, 2.75) is 102 Å². The molecule has 1 saturated heterocycles. The van der Waals surface area contributed by atoms with Gasteiger partial charge in [0, 0.05) is 19.2 Å². The van der Waals surface area contributed by atoms with E-state index in [1.54, 1.807) is 30.3 Å². The molecule has 1 aliphatic heterocycles. The Balaban J connectivity index is 1.37. The molecule has 1 amide bonds. The van der Waals surface area contributed by atoms with Gasteiger partial charge in [0.05, 0.1) is 12.3 Å². The molecule has 1 aliphatic rings. The van der Waals surface area contributed by atoms with Crippen molar-refractivity contribution in [3.8, 4) is 5.75 Å². The molecule has 4 N–H and O–H groups in total. The van der Waals surface area contributed by atoms with Crippen molar-refractivity contribution < 1.29 is 32.6 Å². The second-order valence-corrected chi connectivity index (χ2v) is 14.7. The molecule has 0 bridgehead atoms. The molecule has 11 nitrogen and oxygen atoms in total. The Kier molecular flexibility index (Phi) is 20.3. The van der Waals surface area contributed by atoms with Crippen LogP contribution in [-0.4, -0.2) is 57.8 Å². The zero-order valence-corrected chi connectivity index (χ0v) is 32.2. The number of nitrogens with zero attached hydrogens (tertiary/aromatic N) is 2. The molecule has 0 saturated carbocycles. The first-order valence-corrected chi connectivity index (χ1v) is 20.4. The number of amides is 1. The first-order chi connectivity index (χ1) is 26.1. The number of hydrogen-bond donors (Lipinski definition) is 3. The van der Waals surface area contributed by atoms with Crippen LogP contribution in [0, 0.1) is 0 Å². The number of ether oxygens (including phenoxy) is 1. The van der Waals surface area contributed by atoms with Gasteiger partial charge in [-0.05, 0) is 76.5 Å². The number of nitrogens with two attached hydrogens (primary N) is 1. The zero-order valence-electron chi connectivity index (χ0n) is 31.3. The first-order valence-electron chi connectivity index (χ1n) is 18.6. The van der Waals surface area contributed by atoms with E-state index in [2.05, 4.69) is 78.0 Å². The molecule has 0 aliphatic carbocycles. The van der Waals surface area contributed by atoms with E-state index in [-0.39, 0.29) is 30.9 Å². The minimum atomic E-state index is -3.91. The highest BCUT2D eigenvalue weighted by Gasteiger charge is 2.49. The molecule has 6 atom stereocenters. The van der Waals surface area contributed by atoms with Gasteiger partial charge < -0.3 is 25.4 Å². The number of benzene rings is 1. The lowest BCUT2D eigenvalue weighted by molar-refractivity contribution is -0.121. The summed E-state index contributed by atoms with van der Waals surface area (Å²) >= 11 is 0. The standard InChI is InChI=1S/C41H56FN4O7P/c1-3-4-5-6-7-8-9-10-11-12-13-14-15-16-17-18-19-20-24-28-36(47)44-30-25-32-54(50,53-34-26-22-21-23-27-34)52-33(2)39-38(48)37(42)40(51-39)46-31-29-35(43)45-41(46)49/h4-5,7-8,10-11,13-14,16-17,19-23,26-27,29,31,33,37-40,48H,3,6,9,12,15,18,24-25,28,30,32H2,1-2H3,(H,44,47)(H2,43,45,49)/b5-4-,8-7-,11-10-,14-13-,17-16-,20-19-/t33?,37-,38+,39-,40-,54?/m1/s1. The second-order valence-electron chi connectivity index (χ2n) is 12.7. The predicted molar refractivity (Wildman–Crippen MR) is 213 cm³/mol. The van der Waals surface area contributed by atoms with Crippen molar-refractivity contribution in [2.24, 2.45) is 0 Å². The van der Waals surface area contributed by atoms with Crippen LogP contribution in [0.4, 0.5) is 10.2 Å². The molecular formula is C41H56FN4O7P. The average Bonchev–Trinajstić information content (AvgIpc) is 3.44. The lowest BCUT2D eigenvalue weighted by atomic mass is 10.1. The summed E-state index contributed by atoms with van der Waals surface area (Å²) in [7, 11) is -3.91. The van der Waals surface area contributed by atoms with Gasteiger partial charge in [-0.2, -0.15) is 4.98 Å². The molecule has 13 heteroatoms. The zero-order chi connectivity index (χ0) is 39.0. The maximum absolute atomic E-state index is 15.1. The summed E-state index contributed by atoms with van der Waals surface area (Å²) < 4.78 is 47.4. The van der Waals surface area contributed by atoms with E-state index < -0.39 is 44.0 Å². The number of alkyl halides is 1. The minimum Gasteiger partial charge on any atom is -0.424 e. The number of nitrogens with one attached hydrogen (secondary N) is 1. The summed E-state index contributed by atoms with van der Waals surface area (Å²) in [6.45, 7) is 3.84. The van der Waals surface area contributed by atoms with Crippen LogP contribution in [0.5, 0.6) is 5.75 Å². The van der Waals surface area contributed by atoms with Crippen LogP contribution in [-0.2, 0) is 18.6 Å². The Bertz CT molecular complexity index is 1690. The Labute approximate surface area is 318 Å². The van der Waals surface area contributed by atoms with E-state index in [0.29, 0.717) is 18.6 Å². The lowest BCUT2D eigenvalue weighted by Crippen LogP contribution is -2.37. The Morgan fingerprint density at radius 1 is 0.981 bits per heavy atom. The van der Waals surface area contributed by atoms with Crippen molar-refractivity contribution in [3.63, 3.8) is 0 Å². The quantitative estimate of drug-likeness (QED) is 0.0546. The summed E-state index contributed by atoms with van der Waals surface area (Å²) in [5.74, 6) is 0.109. The summed E-state index contributed by atoms with van der Waals surface area (Å²) in [6, 6.07) is 9.74. The summed E-state index contributed by atoms with van der Waals surface area (Å²) in [6.07, 6.45) is 26.0. The molecule has 54 heavy (non-hydrogen) atoms. The molecule has 3 rings (SSSR count). The van der Waals surface area contributed by atoms with Crippen LogP contribution in [0.3, 0.4) is 0 Å². The lowest BCUT2D eigenvalue weighted by Gasteiger charge is -2.27. The van der Waals surface area contributed by atoms with Crippen molar-refractivity contribution in [2.75, 3.05) is 18.4 Å². The molecular weight excluding hydrogens is 710 g/mol. The Morgan fingerprint density at radius 2 is 1.56 bits per heavy atom. The second kappa shape index (κ2) is 24.9. The number of hydrogen-bond acceptors (Lipinski definition) is 9. The number of allylic oxidation sites excluding steroid dienone is 12. The Morgan fingerprint density at radius 3 is 2.13 bits per heavy atom. The van der Waals surface area contributed by atoms with E-state index >= 15 is 4.39 Å². The summed E-state index contributed by atoms with van der Waals surface area (Å²) in [4.78, 5) is 28.3. The van der Waals surface area contributed by atoms with Gasteiger partial charge in [0.1, 0.15) is 23.8 Å². The van der Waals surface area contributed by atoms with Gasteiger partial charge in [-0.3, -0.25) is 13.9 Å². The molecule has 0 radical (unpaired) electrons. The fourth-order valence-corrected chi connectivity index (χ4v) is 7.27. The third-order valence-electron chi connectivity index (χ3n) is 8.20. The normalized spacial score (nSPS) is 21.0. The topological polar surface area (TPSA) is 155 Å². The highest BCUT2D eigenvalue weighted by molar-refractivity contribution is 7.54. The number of aliphatic hydroxyl groups excluding tert-OH is 1. The number of aromatic nitrogens is 2. The number of halogens is 1. The van der Waals surface area contributed by atoms with Gasteiger partial charge >= 0.3 is 13.3 Å². The van der Waals surface area contributed by atoms with Gasteiger partial charge in [-0.15, -0.1) is 0 Å². The molecule has 0 spiro atoms. The molecule has 1 aromatic heterocycles. The summed E-state index contributed by atoms with van der Waals surface area (Å²) in [5.41, 5.74) is 4.69. The number of aliphatic hydroxyl groups is 1. The largest absolute Gasteiger partial charge is 0.424 e. The van der Waals surface area contributed by atoms with Crippen LogP contribution >= 0.6 is 7.60 Å². The number of para-hydroxylation sites is 1. The van der Waals surface area contributed by atoms with E-state index in [4.69, 9.17) is 19.5 Å². The number of anilines is 1. The smallest absolute Gasteiger partial charge is 0.379 e. The van der Waals surface area contributed by atoms with Crippen LogP contribution < -0.4 is 21.3 Å². The third-order valence-corrected chi connectivity index (χ3v) is 10.2. The Hall–Kier alpha value is -4.35. The maximum Gasteiger partial charge on any atom is 0.379 e. The molecule has 294 valence electrons. The van der Waals surface area contributed by atoms with E-state index in [9.17, 15) is 19.3 Å². The fraction of sp³-hybridized carbons (Fsp3) is 0.439. The molecule has 1 aromatic carbocycles. The monoisotopic (exact) mass is 766 g/mol. The van der Waals surface area contributed by atoms with E-state index in [1.165, 1.54) is 19.2 Å². The van der Waals surface area contributed by atoms with Crippen molar-refractivity contribution in [3.05, 3.63) is 126 Å². The first kappa shape index (κ1) is 44.0. The molecule has 2 aromatic rings. The maximum atomic E-state index is 15.1. The number of carbonyl (C=O) groups excluding carboxylic acids is 1. The average molecular weight is 767 g/mol. The highest BCUT2D eigenvalue weighted by atomic mass is 31.2. The van der Waals surface area contributed by atoms with E-state index in [0.717, 1.165) is 43.1 Å². The molecule has 2 heterocycles. The third kappa shape index (κ3) is 16.3. The fourth-order valence-electron chi connectivity index (χ4n) is 5.41. The van der Waals surface area contributed by atoms with Crippen LogP contribution in [0.1, 0.15) is 77.9 Å². The number of nitrogen functional groups attached to an aromatic ring is 1. The highest BCUT2D eigenvalue weighted by Crippen LogP contribution is 2.51. The van der Waals surface area contributed by atoms with Gasteiger partial charge in [0.2, 0.25) is 5.91 Å². The molecule has 2 unspecified atom stereocenters. The van der Waals surface area contributed by atoms with Crippen molar-refractivity contribution in [1.29, 1.82) is 0 Å². The van der Waals surface area contributed by atoms with Gasteiger partial charge in [0.15, 0.2) is 12.4 Å². The van der Waals surface area contributed by atoms with Crippen LogP contribution in [0.2, 0.25) is 0 Å². The van der Waals surface area contributed by atoms with Gasteiger partial charge in [-0.1, -0.05) is 98.0 Å². The van der Waals surface area contributed by atoms with Crippen molar-refractivity contribution in [1.82, 2.24) is 14.9 Å². The predicted octanol–water partition coefficient (Wildman–Crippen LogP) is 8.08. The van der Waals surface area contributed by atoms with E-state index in [1.807, 2.05) is 12.2 Å². The van der Waals surface area contributed by atoms with Gasteiger partial charge in [0.25, 0.3) is 0 Å². The van der Waals surface area contributed by atoms with Crippen LogP contribution in [0.15, 0.2) is 120 Å². The molecule has 1 fully saturated rings. The van der Waals surface area contributed by atoms with Gasteiger partial charge in [-0.25, -0.2) is 13.8 Å². The SMILES string of the molecule is CC/C=C\C/C=C\C/C=C\C/C=C\C/C=C\C/C=C\CCC(=O)NCCCP(=O)(Oc1ccccc1)OC(C)[C@H]1O[C@@H](n2ccc(N)nc2=O)[C@H](F)[C@@H]1O. The summed E-state index contributed by atoms with van der Waals surface area (Å²) in [5, 5.41) is 13.5. The minimum absolute atomic E-state index is 0.0430. The number of carbonyl (C=O) groups is 1.